The monoisotopic (exact) mass is 282 g/mol. The summed E-state index contributed by atoms with van der Waals surface area (Å²) >= 11 is 0. The highest BCUT2D eigenvalue weighted by Gasteiger charge is 2.38. The van der Waals surface area contributed by atoms with Crippen molar-refractivity contribution in [1.82, 2.24) is 20.2 Å². The lowest BCUT2D eigenvalue weighted by Crippen LogP contribution is -2.46. The van der Waals surface area contributed by atoms with Crippen LogP contribution in [0.25, 0.3) is 0 Å². The van der Waals surface area contributed by atoms with Crippen LogP contribution in [-0.4, -0.2) is 62.3 Å². The summed E-state index contributed by atoms with van der Waals surface area (Å²) in [7, 11) is 0. The SMILES string of the molecule is O=C(O)[C@@H]1C[C@H](O)CN1C(=O)NCCCc1ncc[nH]1. The molecule has 0 bridgehead atoms. The number of hydrogen-bond donors (Lipinski definition) is 4. The van der Waals surface area contributed by atoms with Gasteiger partial charge in [0, 0.05) is 38.3 Å². The highest BCUT2D eigenvalue weighted by atomic mass is 16.4. The maximum atomic E-state index is 11.9. The van der Waals surface area contributed by atoms with Crippen molar-refractivity contribution in [2.45, 2.75) is 31.4 Å². The summed E-state index contributed by atoms with van der Waals surface area (Å²) in [6, 6.07) is -1.40. The summed E-state index contributed by atoms with van der Waals surface area (Å²) in [5.41, 5.74) is 0. The Morgan fingerprint density at radius 3 is 3.00 bits per heavy atom. The standard InChI is InChI=1S/C12H18N4O4/c17-8-6-9(11(18)19)16(7-8)12(20)15-3-1-2-10-13-4-5-14-10/h4-5,8-9,17H,1-3,6-7H2,(H,13,14)(H,15,20)(H,18,19)/t8-,9-/m0/s1. The van der Waals surface area contributed by atoms with Crippen molar-refractivity contribution in [3.8, 4) is 0 Å². The van der Waals surface area contributed by atoms with Crippen LogP contribution in [-0.2, 0) is 11.2 Å². The number of aliphatic carboxylic acids is 1. The molecule has 0 saturated carbocycles. The Kier molecular flexibility index (Phi) is 4.57. The average molecular weight is 282 g/mol. The van der Waals surface area contributed by atoms with Crippen LogP contribution < -0.4 is 5.32 Å². The zero-order valence-electron chi connectivity index (χ0n) is 11.0. The van der Waals surface area contributed by atoms with Crippen LogP contribution in [0.4, 0.5) is 4.79 Å². The molecule has 0 aliphatic carbocycles. The predicted molar refractivity (Wildman–Crippen MR) is 69.1 cm³/mol. The molecule has 0 aromatic carbocycles. The second kappa shape index (κ2) is 6.38. The number of likely N-dealkylation sites (tertiary alicyclic amines) is 1. The number of amides is 2. The zero-order valence-corrected chi connectivity index (χ0v) is 11.0. The number of urea groups is 1. The molecule has 1 aromatic heterocycles. The summed E-state index contributed by atoms with van der Waals surface area (Å²) in [6.07, 6.45) is 4.11. The molecule has 0 spiro atoms. The molecule has 4 N–H and O–H groups in total. The summed E-state index contributed by atoms with van der Waals surface area (Å²) in [5, 5.41) is 21.1. The Bertz CT molecular complexity index is 462. The van der Waals surface area contributed by atoms with E-state index in [0.29, 0.717) is 19.4 Å². The number of carbonyl (C=O) groups is 2. The fraction of sp³-hybridized carbons (Fsp3) is 0.583. The van der Waals surface area contributed by atoms with Gasteiger partial charge < -0.3 is 25.4 Å². The van der Waals surface area contributed by atoms with Crippen LogP contribution in [0.2, 0.25) is 0 Å². The van der Waals surface area contributed by atoms with E-state index in [1.165, 1.54) is 4.90 Å². The fourth-order valence-electron chi connectivity index (χ4n) is 2.26. The molecule has 8 nitrogen and oxygen atoms in total. The third kappa shape index (κ3) is 3.47. The molecule has 2 heterocycles. The predicted octanol–water partition coefficient (Wildman–Crippen LogP) is -0.428. The number of carboxylic acids is 1. The number of hydrogen-bond acceptors (Lipinski definition) is 4. The zero-order chi connectivity index (χ0) is 14.5. The number of nitrogens with zero attached hydrogens (tertiary/aromatic N) is 2. The number of nitrogens with one attached hydrogen (secondary N) is 2. The fourth-order valence-corrected chi connectivity index (χ4v) is 2.26. The van der Waals surface area contributed by atoms with Gasteiger partial charge in [-0.25, -0.2) is 14.6 Å². The molecule has 1 aliphatic rings. The molecule has 1 aromatic rings. The average Bonchev–Trinajstić information content (AvgIpc) is 3.03. The van der Waals surface area contributed by atoms with E-state index in [0.717, 1.165) is 5.82 Å². The van der Waals surface area contributed by atoms with E-state index in [9.17, 15) is 14.7 Å². The third-order valence-electron chi connectivity index (χ3n) is 3.25. The smallest absolute Gasteiger partial charge is 0.326 e. The molecule has 1 aliphatic heterocycles. The maximum Gasteiger partial charge on any atom is 0.326 e. The number of rotatable bonds is 5. The lowest BCUT2D eigenvalue weighted by Gasteiger charge is -2.21. The molecule has 110 valence electrons. The number of aromatic amines is 1. The van der Waals surface area contributed by atoms with Crippen LogP contribution >= 0.6 is 0 Å². The van der Waals surface area contributed by atoms with Crippen LogP contribution in [0.5, 0.6) is 0 Å². The van der Waals surface area contributed by atoms with Gasteiger partial charge >= 0.3 is 12.0 Å². The van der Waals surface area contributed by atoms with E-state index in [1.54, 1.807) is 12.4 Å². The van der Waals surface area contributed by atoms with Crippen molar-refractivity contribution in [3.63, 3.8) is 0 Å². The van der Waals surface area contributed by atoms with Crippen molar-refractivity contribution in [2.75, 3.05) is 13.1 Å². The van der Waals surface area contributed by atoms with Crippen molar-refractivity contribution in [1.29, 1.82) is 0 Å². The first kappa shape index (κ1) is 14.3. The minimum Gasteiger partial charge on any atom is -0.480 e. The maximum absolute atomic E-state index is 11.9. The first-order chi connectivity index (χ1) is 9.58. The molecule has 2 atom stereocenters. The van der Waals surface area contributed by atoms with Crippen LogP contribution in [0, 0.1) is 0 Å². The number of aryl methyl sites for hydroxylation is 1. The van der Waals surface area contributed by atoms with Gasteiger partial charge in [-0.1, -0.05) is 0 Å². The number of imidazole rings is 1. The molecule has 8 heteroatoms. The van der Waals surface area contributed by atoms with E-state index < -0.39 is 24.1 Å². The van der Waals surface area contributed by atoms with Gasteiger partial charge in [-0.05, 0) is 6.42 Å². The summed E-state index contributed by atoms with van der Waals surface area (Å²) in [6.45, 7) is 0.486. The molecule has 0 radical (unpaired) electrons. The number of aromatic nitrogens is 2. The van der Waals surface area contributed by atoms with E-state index in [1.807, 2.05) is 0 Å². The second-order valence-electron chi connectivity index (χ2n) is 4.77. The lowest BCUT2D eigenvalue weighted by molar-refractivity contribution is -0.141. The molecule has 2 amide bonds. The molecule has 1 fully saturated rings. The van der Waals surface area contributed by atoms with Gasteiger partial charge in [0.25, 0.3) is 0 Å². The quantitative estimate of drug-likeness (QED) is 0.547. The Hall–Kier alpha value is -2.09. The van der Waals surface area contributed by atoms with Gasteiger partial charge in [-0.3, -0.25) is 0 Å². The summed E-state index contributed by atoms with van der Waals surface area (Å²) < 4.78 is 0. The van der Waals surface area contributed by atoms with E-state index in [4.69, 9.17) is 5.11 Å². The Morgan fingerprint density at radius 2 is 2.35 bits per heavy atom. The lowest BCUT2D eigenvalue weighted by atomic mass is 10.2. The number of carboxylic acid groups (broad SMARTS) is 1. The number of aliphatic hydroxyl groups excluding tert-OH is 1. The third-order valence-corrected chi connectivity index (χ3v) is 3.25. The Labute approximate surface area is 115 Å². The molecule has 0 unspecified atom stereocenters. The highest BCUT2D eigenvalue weighted by Crippen LogP contribution is 2.17. The van der Waals surface area contributed by atoms with Crippen LogP contribution in [0.3, 0.4) is 0 Å². The number of carbonyl (C=O) groups excluding carboxylic acids is 1. The van der Waals surface area contributed by atoms with Gasteiger partial charge in [0.05, 0.1) is 6.10 Å². The van der Waals surface area contributed by atoms with Crippen LogP contribution in [0.15, 0.2) is 12.4 Å². The number of aliphatic hydroxyl groups is 1. The molecule has 2 rings (SSSR count). The van der Waals surface area contributed by atoms with Gasteiger partial charge in [-0.15, -0.1) is 0 Å². The van der Waals surface area contributed by atoms with Gasteiger partial charge in [-0.2, -0.15) is 0 Å². The highest BCUT2D eigenvalue weighted by molar-refractivity contribution is 5.83. The molecular formula is C12H18N4O4. The Morgan fingerprint density at radius 1 is 1.55 bits per heavy atom. The first-order valence-corrected chi connectivity index (χ1v) is 6.51. The molecule has 1 saturated heterocycles. The van der Waals surface area contributed by atoms with E-state index >= 15 is 0 Å². The summed E-state index contributed by atoms with van der Waals surface area (Å²) in [5.74, 6) is -0.244. The van der Waals surface area contributed by atoms with Crippen molar-refractivity contribution in [2.24, 2.45) is 0 Å². The minimum atomic E-state index is -1.09. The Balaban J connectivity index is 1.75. The van der Waals surface area contributed by atoms with Gasteiger partial charge in [0.2, 0.25) is 0 Å². The normalized spacial score (nSPS) is 21.9. The largest absolute Gasteiger partial charge is 0.480 e. The van der Waals surface area contributed by atoms with Crippen molar-refractivity contribution in [3.05, 3.63) is 18.2 Å². The topological polar surface area (TPSA) is 119 Å². The minimum absolute atomic E-state index is 0.0565. The molecule has 20 heavy (non-hydrogen) atoms. The number of β-amino-alcohol motifs (C(OH)–C–C–N with tert-alkyl or cyclic N) is 1. The first-order valence-electron chi connectivity index (χ1n) is 6.51. The van der Waals surface area contributed by atoms with Gasteiger partial charge in [0.1, 0.15) is 11.9 Å². The number of H-pyrrole nitrogens is 1. The second-order valence-corrected chi connectivity index (χ2v) is 4.77. The van der Waals surface area contributed by atoms with E-state index in [2.05, 4.69) is 15.3 Å². The van der Waals surface area contributed by atoms with Crippen LogP contribution in [0.1, 0.15) is 18.7 Å². The van der Waals surface area contributed by atoms with Crippen molar-refractivity contribution < 1.29 is 19.8 Å². The van der Waals surface area contributed by atoms with Crippen molar-refractivity contribution >= 4 is 12.0 Å². The summed E-state index contributed by atoms with van der Waals surface area (Å²) in [4.78, 5) is 31.1. The van der Waals surface area contributed by atoms with Gasteiger partial charge in [0.15, 0.2) is 0 Å². The molecular weight excluding hydrogens is 264 g/mol. The van der Waals surface area contributed by atoms with E-state index in [-0.39, 0.29) is 13.0 Å².